The first kappa shape index (κ1) is 12.2. The topological polar surface area (TPSA) is 32.3 Å². The van der Waals surface area contributed by atoms with E-state index in [-0.39, 0.29) is 12.1 Å². The number of amides is 1. The molecule has 16 heavy (non-hydrogen) atoms. The number of nitrogens with one attached hydrogen (secondary N) is 1. The highest BCUT2D eigenvalue weighted by molar-refractivity contribution is 8.00. The van der Waals surface area contributed by atoms with E-state index in [4.69, 9.17) is 0 Å². The molecule has 2 fully saturated rings. The summed E-state index contributed by atoms with van der Waals surface area (Å²) in [6.45, 7) is 3.54. The zero-order chi connectivity index (χ0) is 11.6. The summed E-state index contributed by atoms with van der Waals surface area (Å²) in [5.74, 6) is 0.270. The molecule has 1 saturated heterocycles. The standard InChI is InChI=1S/C12H22N2OS/c1-10-13-8-11(15)14(10)9-12(16-2)6-4-3-5-7-12/h10,13H,3-9H2,1-2H3. The Kier molecular flexibility index (Phi) is 3.80. The fourth-order valence-electron chi connectivity index (χ4n) is 2.82. The maximum absolute atomic E-state index is 11.8. The third-order valence-corrected chi connectivity index (χ3v) is 5.40. The quantitative estimate of drug-likeness (QED) is 0.819. The molecule has 1 unspecified atom stereocenters. The number of thioether (sulfide) groups is 1. The predicted molar refractivity (Wildman–Crippen MR) is 68.5 cm³/mol. The summed E-state index contributed by atoms with van der Waals surface area (Å²) in [6, 6.07) is 0. The molecule has 1 saturated carbocycles. The third-order valence-electron chi connectivity index (χ3n) is 3.99. The molecule has 0 spiro atoms. The van der Waals surface area contributed by atoms with Gasteiger partial charge in [0.2, 0.25) is 5.91 Å². The first-order valence-electron chi connectivity index (χ1n) is 6.25. The molecule has 3 nitrogen and oxygen atoms in total. The Balaban J connectivity index is 2.02. The van der Waals surface area contributed by atoms with Crippen LogP contribution in [0, 0.1) is 0 Å². The van der Waals surface area contributed by atoms with Gasteiger partial charge in [-0.05, 0) is 26.0 Å². The molecule has 1 atom stereocenters. The van der Waals surface area contributed by atoms with Crippen molar-refractivity contribution in [3.63, 3.8) is 0 Å². The van der Waals surface area contributed by atoms with Crippen molar-refractivity contribution in [2.75, 3.05) is 19.3 Å². The Morgan fingerprint density at radius 3 is 2.62 bits per heavy atom. The highest BCUT2D eigenvalue weighted by Crippen LogP contribution is 2.39. The van der Waals surface area contributed by atoms with E-state index in [1.54, 1.807) is 0 Å². The average molecular weight is 242 g/mol. The van der Waals surface area contributed by atoms with E-state index in [1.165, 1.54) is 32.1 Å². The second kappa shape index (κ2) is 4.96. The van der Waals surface area contributed by atoms with Gasteiger partial charge >= 0.3 is 0 Å². The Labute approximate surface area is 102 Å². The van der Waals surface area contributed by atoms with Gasteiger partial charge in [-0.2, -0.15) is 11.8 Å². The van der Waals surface area contributed by atoms with Gasteiger partial charge in [0.1, 0.15) is 0 Å². The number of carbonyl (C=O) groups excluding carboxylic acids is 1. The minimum absolute atomic E-state index is 0.221. The molecule has 1 aliphatic carbocycles. The normalized spacial score (nSPS) is 29.8. The zero-order valence-corrected chi connectivity index (χ0v) is 11.1. The molecule has 4 heteroatoms. The molecular weight excluding hydrogens is 220 g/mol. The molecule has 1 heterocycles. The number of carbonyl (C=O) groups is 1. The van der Waals surface area contributed by atoms with Crippen LogP contribution in [0.2, 0.25) is 0 Å². The van der Waals surface area contributed by atoms with Crippen LogP contribution in [0.4, 0.5) is 0 Å². The Morgan fingerprint density at radius 2 is 2.12 bits per heavy atom. The van der Waals surface area contributed by atoms with Gasteiger partial charge in [-0.15, -0.1) is 0 Å². The molecule has 2 aliphatic rings. The molecule has 0 bridgehead atoms. The largest absolute Gasteiger partial charge is 0.325 e. The van der Waals surface area contributed by atoms with Crippen molar-refractivity contribution in [2.24, 2.45) is 0 Å². The highest BCUT2D eigenvalue weighted by Gasteiger charge is 2.37. The van der Waals surface area contributed by atoms with Crippen molar-refractivity contribution in [2.45, 2.75) is 49.9 Å². The van der Waals surface area contributed by atoms with Gasteiger partial charge in [-0.3, -0.25) is 10.1 Å². The van der Waals surface area contributed by atoms with Gasteiger partial charge in [0.25, 0.3) is 0 Å². The molecule has 92 valence electrons. The van der Waals surface area contributed by atoms with E-state index in [2.05, 4.69) is 18.5 Å². The Hall–Kier alpha value is -0.220. The fraction of sp³-hybridized carbons (Fsp3) is 0.917. The van der Waals surface area contributed by atoms with Crippen molar-refractivity contribution in [3.05, 3.63) is 0 Å². The van der Waals surface area contributed by atoms with Gasteiger partial charge in [0.05, 0.1) is 12.7 Å². The van der Waals surface area contributed by atoms with E-state index in [1.807, 2.05) is 16.7 Å². The lowest BCUT2D eigenvalue weighted by Crippen LogP contribution is -2.46. The molecule has 1 amide bonds. The van der Waals surface area contributed by atoms with Crippen molar-refractivity contribution in [1.29, 1.82) is 0 Å². The summed E-state index contributed by atoms with van der Waals surface area (Å²) in [6.07, 6.45) is 8.97. The summed E-state index contributed by atoms with van der Waals surface area (Å²) in [5, 5.41) is 3.22. The first-order chi connectivity index (χ1) is 7.67. The van der Waals surface area contributed by atoms with Crippen LogP contribution in [0.15, 0.2) is 0 Å². The molecule has 0 aromatic heterocycles. The minimum Gasteiger partial charge on any atom is -0.325 e. The molecule has 1 N–H and O–H groups in total. The molecule has 0 aromatic rings. The van der Waals surface area contributed by atoms with Crippen molar-refractivity contribution < 1.29 is 4.79 Å². The fourth-order valence-corrected chi connectivity index (χ4v) is 3.79. The third kappa shape index (κ3) is 2.38. The van der Waals surface area contributed by atoms with Crippen LogP contribution in [-0.2, 0) is 4.79 Å². The van der Waals surface area contributed by atoms with Gasteiger partial charge in [0, 0.05) is 11.3 Å². The molecule has 2 rings (SSSR count). The lowest BCUT2D eigenvalue weighted by Gasteiger charge is -2.39. The van der Waals surface area contributed by atoms with Gasteiger partial charge in [-0.25, -0.2) is 0 Å². The average Bonchev–Trinajstić information content (AvgIpc) is 2.62. The van der Waals surface area contributed by atoms with Crippen molar-refractivity contribution >= 4 is 17.7 Å². The molecule has 0 aromatic carbocycles. The SMILES string of the molecule is CSC1(CN2C(=O)CNC2C)CCCCC1. The Morgan fingerprint density at radius 1 is 1.44 bits per heavy atom. The van der Waals surface area contributed by atoms with Crippen LogP contribution in [0.1, 0.15) is 39.0 Å². The Bertz CT molecular complexity index is 264. The minimum atomic E-state index is 0.221. The number of hydrogen-bond donors (Lipinski definition) is 1. The zero-order valence-electron chi connectivity index (χ0n) is 10.3. The summed E-state index contributed by atoms with van der Waals surface area (Å²) in [5.41, 5.74) is 0. The highest BCUT2D eigenvalue weighted by atomic mass is 32.2. The van der Waals surface area contributed by atoms with Crippen LogP contribution in [0.3, 0.4) is 0 Å². The summed E-state index contributed by atoms with van der Waals surface area (Å²) in [4.78, 5) is 13.8. The van der Waals surface area contributed by atoms with Crippen molar-refractivity contribution in [3.8, 4) is 0 Å². The van der Waals surface area contributed by atoms with Crippen molar-refractivity contribution in [1.82, 2.24) is 10.2 Å². The van der Waals surface area contributed by atoms with Crippen LogP contribution in [0.5, 0.6) is 0 Å². The predicted octanol–water partition coefficient (Wildman–Crippen LogP) is 1.83. The van der Waals surface area contributed by atoms with Gasteiger partial charge in [0.15, 0.2) is 0 Å². The molecule has 1 aliphatic heterocycles. The molecule has 0 radical (unpaired) electrons. The first-order valence-corrected chi connectivity index (χ1v) is 7.47. The second-order valence-corrected chi connectivity index (χ2v) is 6.30. The van der Waals surface area contributed by atoms with Gasteiger partial charge in [-0.1, -0.05) is 19.3 Å². The maximum Gasteiger partial charge on any atom is 0.237 e. The van der Waals surface area contributed by atoms with Crippen LogP contribution in [-0.4, -0.2) is 41.1 Å². The van der Waals surface area contributed by atoms with Gasteiger partial charge < -0.3 is 4.90 Å². The number of nitrogens with zero attached hydrogens (tertiary/aromatic N) is 1. The van der Waals surface area contributed by atoms with E-state index < -0.39 is 0 Å². The van der Waals surface area contributed by atoms with E-state index in [0.29, 0.717) is 11.3 Å². The number of hydrogen-bond acceptors (Lipinski definition) is 3. The van der Waals surface area contributed by atoms with E-state index in [0.717, 1.165) is 6.54 Å². The van der Waals surface area contributed by atoms with Crippen LogP contribution >= 0.6 is 11.8 Å². The summed E-state index contributed by atoms with van der Waals surface area (Å²) < 4.78 is 0.328. The monoisotopic (exact) mass is 242 g/mol. The number of rotatable bonds is 3. The van der Waals surface area contributed by atoms with E-state index in [9.17, 15) is 4.79 Å². The lowest BCUT2D eigenvalue weighted by molar-refractivity contribution is -0.128. The van der Waals surface area contributed by atoms with Crippen LogP contribution in [0.25, 0.3) is 0 Å². The molecular formula is C12H22N2OS. The van der Waals surface area contributed by atoms with Crippen LogP contribution < -0.4 is 5.32 Å². The summed E-state index contributed by atoms with van der Waals surface area (Å²) in [7, 11) is 0. The van der Waals surface area contributed by atoms with E-state index >= 15 is 0 Å². The smallest absolute Gasteiger partial charge is 0.237 e. The maximum atomic E-state index is 11.8. The summed E-state index contributed by atoms with van der Waals surface area (Å²) >= 11 is 1.96. The lowest BCUT2D eigenvalue weighted by atomic mass is 9.87. The second-order valence-electron chi connectivity index (χ2n) is 5.03.